The van der Waals surface area contributed by atoms with Crippen LogP contribution >= 0.6 is 0 Å². The highest BCUT2D eigenvalue weighted by atomic mass is 16.5. The number of esters is 1. The molecule has 1 heterocycles. The van der Waals surface area contributed by atoms with Gasteiger partial charge < -0.3 is 4.74 Å². The van der Waals surface area contributed by atoms with E-state index in [4.69, 9.17) is 0 Å². The van der Waals surface area contributed by atoms with Crippen molar-refractivity contribution in [2.24, 2.45) is 0 Å². The standard InChI is InChI=1S/C5H5N.C3H6O2.C2H6/c1-2-4-6-5-3-1;1-3(4)5-2;1-2/h1-5H;1-2H3;1-2H3. The molecule has 0 radical (unpaired) electrons. The lowest BCUT2D eigenvalue weighted by atomic mass is 10.5. The van der Waals surface area contributed by atoms with Gasteiger partial charge in [-0.05, 0) is 12.1 Å². The van der Waals surface area contributed by atoms with E-state index in [1.54, 1.807) is 12.4 Å². The van der Waals surface area contributed by atoms with E-state index in [2.05, 4.69) is 9.72 Å². The molecule has 0 aliphatic rings. The molecule has 0 spiro atoms. The zero-order chi connectivity index (χ0) is 10.5. The quantitative estimate of drug-likeness (QED) is 0.579. The molecular weight excluding hydrogens is 166 g/mol. The van der Waals surface area contributed by atoms with E-state index in [1.165, 1.54) is 14.0 Å². The predicted octanol–water partition coefficient (Wildman–Crippen LogP) is 2.29. The second-order valence-corrected chi connectivity index (χ2v) is 1.72. The Morgan fingerprint density at radius 1 is 1.15 bits per heavy atom. The van der Waals surface area contributed by atoms with E-state index < -0.39 is 0 Å². The molecule has 0 saturated heterocycles. The largest absolute Gasteiger partial charge is 0.469 e. The highest BCUT2D eigenvalue weighted by Gasteiger charge is 1.75. The molecule has 1 aromatic rings. The lowest BCUT2D eigenvalue weighted by Gasteiger charge is -1.80. The van der Waals surface area contributed by atoms with Gasteiger partial charge in [0, 0.05) is 19.3 Å². The summed E-state index contributed by atoms with van der Waals surface area (Å²) in [4.78, 5) is 13.4. The summed E-state index contributed by atoms with van der Waals surface area (Å²) in [5, 5.41) is 0. The fourth-order valence-electron chi connectivity index (χ4n) is 0.313. The van der Waals surface area contributed by atoms with Crippen LogP contribution in [-0.2, 0) is 9.53 Å². The van der Waals surface area contributed by atoms with Crippen LogP contribution in [0, 0.1) is 0 Å². The average molecular weight is 183 g/mol. The van der Waals surface area contributed by atoms with Crippen LogP contribution in [0.2, 0.25) is 0 Å². The summed E-state index contributed by atoms with van der Waals surface area (Å²) in [6.45, 7) is 5.36. The molecule has 0 saturated carbocycles. The molecule has 0 aliphatic carbocycles. The summed E-state index contributed by atoms with van der Waals surface area (Å²) in [5.74, 6) is -0.245. The summed E-state index contributed by atoms with van der Waals surface area (Å²) >= 11 is 0. The fraction of sp³-hybridized carbons (Fsp3) is 0.400. The second kappa shape index (κ2) is 13.2. The molecule has 0 N–H and O–H groups in total. The Morgan fingerprint density at radius 2 is 1.54 bits per heavy atom. The van der Waals surface area contributed by atoms with Crippen molar-refractivity contribution in [2.75, 3.05) is 7.11 Å². The Bertz CT molecular complexity index is 161. The topological polar surface area (TPSA) is 39.2 Å². The van der Waals surface area contributed by atoms with Gasteiger partial charge in [0.15, 0.2) is 0 Å². The lowest BCUT2D eigenvalue weighted by Crippen LogP contribution is -1.88. The monoisotopic (exact) mass is 183 g/mol. The Labute approximate surface area is 79.8 Å². The van der Waals surface area contributed by atoms with E-state index in [9.17, 15) is 4.79 Å². The number of carbonyl (C=O) groups excluding carboxylic acids is 1. The smallest absolute Gasteiger partial charge is 0.302 e. The molecule has 1 aromatic heterocycles. The number of pyridine rings is 1. The van der Waals surface area contributed by atoms with Gasteiger partial charge in [0.25, 0.3) is 0 Å². The van der Waals surface area contributed by atoms with Crippen molar-refractivity contribution in [1.29, 1.82) is 0 Å². The highest BCUT2D eigenvalue weighted by molar-refractivity contribution is 5.65. The molecule has 1 rings (SSSR count). The van der Waals surface area contributed by atoms with E-state index >= 15 is 0 Å². The summed E-state index contributed by atoms with van der Waals surface area (Å²) in [7, 11) is 1.35. The Kier molecular flexibility index (Phi) is 14.4. The molecule has 0 amide bonds. The molecule has 0 aliphatic heterocycles. The van der Waals surface area contributed by atoms with E-state index in [0.717, 1.165) is 0 Å². The first-order chi connectivity index (χ1) is 6.27. The molecular formula is C10H17NO2. The minimum absolute atomic E-state index is 0.245. The van der Waals surface area contributed by atoms with E-state index in [-0.39, 0.29) is 5.97 Å². The van der Waals surface area contributed by atoms with Gasteiger partial charge in [-0.2, -0.15) is 0 Å². The number of nitrogens with zero attached hydrogens (tertiary/aromatic N) is 1. The maximum absolute atomic E-state index is 9.59. The van der Waals surface area contributed by atoms with Gasteiger partial charge in [-0.25, -0.2) is 0 Å². The van der Waals surface area contributed by atoms with Crippen LogP contribution in [0.3, 0.4) is 0 Å². The molecule has 3 nitrogen and oxygen atoms in total. The van der Waals surface area contributed by atoms with Crippen LogP contribution in [0.4, 0.5) is 0 Å². The molecule has 0 aromatic carbocycles. The van der Waals surface area contributed by atoms with Gasteiger partial charge in [0.1, 0.15) is 0 Å². The zero-order valence-electron chi connectivity index (χ0n) is 8.65. The number of ether oxygens (including phenoxy) is 1. The molecule has 0 unspecified atom stereocenters. The third kappa shape index (κ3) is 18.0. The van der Waals surface area contributed by atoms with Crippen molar-refractivity contribution in [3.8, 4) is 0 Å². The minimum atomic E-state index is -0.245. The molecule has 3 heteroatoms. The first kappa shape index (κ1) is 14.2. The summed E-state index contributed by atoms with van der Waals surface area (Å²) in [6, 6.07) is 5.72. The maximum atomic E-state index is 9.59. The van der Waals surface area contributed by atoms with Gasteiger partial charge in [0.2, 0.25) is 0 Å². The second-order valence-electron chi connectivity index (χ2n) is 1.72. The molecule has 74 valence electrons. The third-order valence-electron chi connectivity index (χ3n) is 0.854. The van der Waals surface area contributed by atoms with Crippen LogP contribution < -0.4 is 0 Å². The van der Waals surface area contributed by atoms with Crippen LogP contribution in [0.5, 0.6) is 0 Å². The average Bonchev–Trinajstić information content (AvgIpc) is 2.24. The van der Waals surface area contributed by atoms with E-state index in [0.29, 0.717) is 0 Å². The predicted molar refractivity (Wildman–Crippen MR) is 53.3 cm³/mol. The van der Waals surface area contributed by atoms with Gasteiger partial charge in [-0.3, -0.25) is 9.78 Å². The Balaban J connectivity index is 0. The summed E-state index contributed by atoms with van der Waals surface area (Å²) in [6.07, 6.45) is 3.50. The lowest BCUT2D eigenvalue weighted by molar-refractivity contribution is -0.137. The first-order valence-electron chi connectivity index (χ1n) is 4.17. The van der Waals surface area contributed by atoms with Gasteiger partial charge in [-0.15, -0.1) is 0 Å². The van der Waals surface area contributed by atoms with Crippen molar-refractivity contribution >= 4 is 5.97 Å². The normalized spacial score (nSPS) is 6.77. The number of hydrogen-bond donors (Lipinski definition) is 0. The summed E-state index contributed by atoms with van der Waals surface area (Å²) < 4.78 is 4.11. The minimum Gasteiger partial charge on any atom is -0.469 e. The Hall–Kier alpha value is -1.38. The summed E-state index contributed by atoms with van der Waals surface area (Å²) in [5.41, 5.74) is 0. The van der Waals surface area contributed by atoms with E-state index in [1.807, 2.05) is 32.0 Å². The van der Waals surface area contributed by atoms with Crippen molar-refractivity contribution in [1.82, 2.24) is 4.98 Å². The van der Waals surface area contributed by atoms with Gasteiger partial charge in [-0.1, -0.05) is 19.9 Å². The SMILES string of the molecule is CC.COC(C)=O.c1ccncc1. The van der Waals surface area contributed by atoms with Gasteiger partial charge >= 0.3 is 5.97 Å². The first-order valence-corrected chi connectivity index (χ1v) is 4.17. The molecule has 0 atom stereocenters. The van der Waals surface area contributed by atoms with Gasteiger partial charge in [0.05, 0.1) is 7.11 Å². The third-order valence-corrected chi connectivity index (χ3v) is 0.854. The van der Waals surface area contributed by atoms with Crippen molar-refractivity contribution in [2.45, 2.75) is 20.8 Å². The van der Waals surface area contributed by atoms with Crippen molar-refractivity contribution < 1.29 is 9.53 Å². The number of rotatable bonds is 0. The molecule has 0 fully saturated rings. The fourth-order valence-corrected chi connectivity index (χ4v) is 0.313. The zero-order valence-corrected chi connectivity index (χ0v) is 8.65. The van der Waals surface area contributed by atoms with Crippen molar-refractivity contribution in [3.05, 3.63) is 30.6 Å². The Morgan fingerprint density at radius 3 is 1.62 bits per heavy atom. The number of carbonyl (C=O) groups is 1. The molecule has 0 bridgehead atoms. The highest BCUT2D eigenvalue weighted by Crippen LogP contribution is 1.73. The van der Waals surface area contributed by atoms with Crippen LogP contribution in [0.1, 0.15) is 20.8 Å². The van der Waals surface area contributed by atoms with Crippen LogP contribution in [0.15, 0.2) is 30.6 Å². The van der Waals surface area contributed by atoms with Crippen LogP contribution in [-0.4, -0.2) is 18.1 Å². The number of aromatic nitrogens is 1. The number of methoxy groups -OCH3 is 1. The maximum Gasteiger partial charge on any atom is 0.302 e. The molecule has 13 heavy (non-hydrogen) atoms. The van der Waals surface area contributed by atoms with Crippen molar-refractivity contribution in [3.63, 3.8) is 0 Å². The number of hydrogen-bond acceptors (Lipinski definition) is 3. The van der Waals surface area contributed by atoms with Crippen LogP contribution in [0.25, 0.3) is 0 Å².